The molecule has 0 amide bonds. The Bertz CT molecular complexity index is 531. The molecule has 1 saturated heterocycles. The molecule has 2 heterocycles. The van der Waals surface area contributed by atoms with Crippen molar-refractivity contribution in [1.29, 1.82) is 0 Å². The summed E-state index contributed by atoms with van der Waals surface area (Å²) in [4.78, 5) is 2.41. The quantitative estimate of drug-likeness (QED) is 0.819. The maximum Gasteiger partial charge on any atom is 0.0943 e. The zero-order chi connectivity index (χ0) is 12.4. The summed E-state index contributed by atoms with van der Waals surface area (Å²) in [6.07, 6.45) is 2.08. The minimum atomic E-state index is 0.765. The van der Waals surface area contributed by atoms with E-state index in [-0.39, 0.29) is 0 Å². The maximum atomic E-state index is 5.75. The third-order valence-electron chi connectivity index (χ3n) is 3.33. The van der Waals surface area contributed by atoms with Crippen LogP contribution in [-0.2, 0) is 11.3 Å². The van der Waals surface area contributed by atoms with Crippen LogP contribution in [0.15, 0.2) is 24.4 Å². The van der Waals surface area contributed by atoms with Crippen LogP contribution in [0.25, 0.3) is 10.9 Å². The molecule has 0 saturated carbocycles. The van der Waals surface area contributed by atoms with Crippen LogP contribution in [0.4, 0.5) is 5.69 Å². The first-order valence-corrected chi connectivity index (χ1v) is 6.34. The number of nitrogens with two attached hydrogens (primary N) is 1. The fourth-order valence-electron chi connectivity index (χ4n) is 2.27. The van der Waals surface area contributed by atoms with Crippen molar-refractivity contribution >= 4 is 16.6 Å². The van der Waals surface area contributed by atoms with Crippen LogP contribution in [0.3, 0.4) is 0 Å². The third kappa shape index (κ3) is 2.47. The van der Waals surface area contributed by atoms with Crippen molar-refractivity contribution < 1.29 is 4.74 Å². The van der Waals surface area contributed by atoms with Gasteiger partial charge in [0.1, 0.15) is 0 Å². The highest BCUT2D eigenvalue weighted by Gasteiger charge is 2.10. The van der Waals surface area contributed by atoms with Crippen molar-refractivity contribution in [2.24, 2.45) is 0 Å². The molecule has 2 aromatic rings. The SMILES string of the molecule is Nc1ccc2cn(CCN3CCOCC3)nc2c1. The number of hydrogen-bond acceptors (Lipinski definition) is 4. The van der Waals surface area contributed by atoms with E-state index >= 15 is 0 Å². The fourth-order valence-corrected chi connectivity index (χ4v) is 2.27. The smallest absolute Gasteiger partial charge is 0.0943 e. The molecule has 0 radical (unpaired) electrons. The standard InChI is InChI=1S/C13H18N4O/c14-12-2-1-11-10-17(15-13(11)9-12)4-3-16-5-7-18-8-6-16/h1-2,9-10H,3-8,14H2. The summed E-state index contributed by atoms with van der Waals surface area (Å²) in [7, 11) is 0. The number of anilines is 1. The van der Waals surface area contributed by atoms with Crippen molar-refractivity contribution in [2.75, 3.05) is 38.6 Å². The number of fused-ring (bicyclic) bond motifs is 1. The predicted octanol–water partition coefficient (Wildman–Crippen LogP) is 0.951. The number of nitrogens with zero attached hydrogens (tertiary/aromatic N) is 3. The molecule has 2 N–H and O–H groups in total. The van der Waals surface area contributed by atoms with Gasteiger partial charge in [0.25, 0.3) is 0 Å². The second-order valence-electron chi connectivity index (χ2n) is 4.66. The third-order valence-corrected chi connectivity index (χ3v) is 3.33. The molecule has 18 heavy (non-hydrogen) atoms. The monoisotopic (exact) mass is 246 g/mol. The van der Waals surface area contributed by atoms with Gasteiger partial charge in [0, 0.05) is 36.9 Å². The summed E-state index contributed by atoms with van der Waals surface area (Å²) in [6, 6.07) is 5.85. The Balaban J connectivity index is 1.67. The number of nitrogen functional groups attached to an aromatic ring is 1. The van der Waals surface area contributed by atoms with Gasteiger partial charge in [-0.1, -0.05) is 0 Å². The van der Waals surface area contributed by atoms with Gasteiger partial charge < -0.3 is 10.5 Å². The number of rotatable bonds is 3. The largest absolute Gasteiger partial charge is 0.399 e. The van der Waals surface area contributed by atoms with Crippen LogP contribution in [0.2, 0.25) is 0 Å². The van der Waals surface area contributed by atoms with Gasteiger partial charge in [0.2, 0.25) is 0 Å². The Morgan fingerprint density at radius 1 is 1.22 bits per heavy atom. The lowest BCUT2D eigenvalue weighted by molar-refractivity contribution is 0.0360. The minimum Gasteiger partial charge on any atom is -0.399 e. The van der Waals surface area contributed by atoms with E-state index in [4.69, 9.17) is 10.5 Å². The molecule has 0 bridgehead atoms. The number of hydrogen-bond donors (Lipinski definition) is 1. The summed E-state index contributed by atoms with van der Waals surface area (Å²) in [6.45, 7) is 5.66. The van der Waals surface area contributed by atoms with Crippen molar-refractivity contribution in [3.63, 3.8) is 0 Å². The minimum absolute atomic E-state index is 0.765. The average molecular weight is 246 g/mol. The highest BCUT2D eigenvalue weighted by Crippen LogP contribution is 2.15. The summed E-state index contributed by atoms with van der Waals surface area (Å²) < 4.78 is 7.33. The van der Waals surface area contributed by atoms with Gasteiger partial charge in [-0.3, -0.25) is 9.58 Å². The van der Waals surface area contributed by atoms with Gasteiger partial charge in [-0.25, -0.2) is 0 Å². The highest BCUT2D eigenvalue weighted by atomic mass is 16.5. The normalized spacial score (nSPS) is 17.3. The van der Waals surface area contributed by atoms with Gasteiger partial charge in [-0.15, -0.1) is 0 Å². The zero-order valence-corrected chi connectivity index (χ0v) is 10.4. The van der Waals surface area contributed by atoms with Gasteiger partial charge in [-0.05, 0) is 18.2 Å². The van der Waals surface area contributed by atoms with Crippen molar-refractivity contribution in [1.82, 2.24) is 14.7 Å². The number of benzene rings is 1. The van der Waals surface area contributed by atoms with E-state index in [0.29, 0.717) is 0 Å². The van der Waals surface area contributed by atoms with Crippen molar-refractivity contribution in [3.05, 3.63) is 24.4 Å². The first-order valence-electron chi connectivity index (χ1n) is 6.34. The van der Waals surface area contributed by atoms with E-state index in [0.717, 1.165) is 56.0 Å². The molecule has 1 aliphatic rings. The van der Waals surface area contributed by atoms with Crippen LogP contribution >= 0.6 is 0 Å². The Labute approximate surface area is 106 Å². The first kappa shape index (κ1) is 11.5. The topological polar surface area (TPSA) is 56.3 Å². The van der Waals surface area contributed by atoms with Crippen LogP contribution < -0.4 is 5.73 Å². The van der Waals surface area contributed by atoms with Crippen molar-refractivity contribution in [2.45, 2.75) is 6.54 Å². The molecular formula is C13H18N4O. The molecule has 96 valence electrons. The molecule has 5 nitrogen and oxygen atoms in total. The van der Waals surface area contributed by atoms with E-state index in [9.17, 15) is 0 Å². The van der Waals surface area contributed by atoms with Crippen LogP contribution in [-0.4, -0.2) is 47.5 Å². The first-order chi connectivity index (χ1) is 8.81. The maximum absolute atomic E-state index is 5.75. The lowest BCUT2D eigenvalue weighted by atomic mass is 10.2. The molecule has 3 rings (SSSR count). The summed E-state index contributed by atoms with van der Waals surface area (Å²) in [5.74, 6) is 0. The number of morpholine rings is 1. The fraction of sp³-hybridized carbons (Fsp3) is 0.462. The second kappa shape index (κ2) is 4.96. The average Bonchev–Trinajstić information content (AvgIpc) is 2.79. The molecule has 1 aliphatic heterocycles. The molecule has 1 aromatic carbocycles. The molecule has 0 aliphatic carbocycles. The molecule has 0 unspecified atom stereocenters. The summed E-state index contributed by atoms with van der Waals surface area (Å²) in [5.41, 5.74) is 7.49. The number of ether oxygens (including phenoxy) is 1. The summed E-state index contributed by atoms with van der Waals surface area (Å²) >= 11 is 0. The Morgan fingerprint density at radius 3 is 2.89 bits per heavy atom. The molecule has 5 heteroatoms. The lowest BCUT2D eigenvalue weighted by Gasteiger charge is -2.26. The Hall–Kier alpha value is -1.59. The Kier molecular flexibility index (Phi) is 3.17. The molecule has 0 spiro atoms. The van der Waals surface area contributed by atoms with Crippen LogP contribution in [0, 0.1) is 0 Å². The van der Waals surface area contributed by atoms with E-state index < -0.39 is 0 Å². The summed E-state index contributed by atoms with van der Waals surface area (Å²) in [5, 5.41) is 5.68. The van der Waals surface area contributed by atoms with E-state index in [1.165, 1.54) is 0 Å². The molecule has 1 aromatic heterocycles. The highest BCUT2D eigenvalue weighted by molar-refractivity contribution is 5.81. The predicted molar refractivity (Wildman–Crippen MR) is 71.4 cm³/mol. The number of aromatic nitrogens is 2. The van der Waals surface area contributed by atoms with Crippen LogP contribution in [0.1, 0.15) is 0 Å². The second-order valence-corrected chi connectivity index (χ2v) is 4.66. The van der Waals surface area contributed by atoms with E-state index in [1.54, 1.807) is 0 Å². The van der Waals surface area contributed by atoms with Gasteiger partial charge in [0.15, 0.2) is 0 Å². The molecule has 0 atom stereocenters. The van der Waals surface area contributed by atoms with E-state index in [2.05, 4.69) is 16.2 Å². The van der Waals surface area contributed by atoms with E-state index in [1.807, 2.05) is 22.9 Å². The van der Waals surface area contributed by atoms with Crippen LogP contribution in [0.5, 0.6) is 0 Å². The lowest BCUT2D eigenvalue weighted by Crippen LogP contribution is -2.38. The van der Waals surface area contributed by atoms with Crippen molar-refractivity contribution in [3.8, 4) is 0 Å². The molecule has 1 fully saturated rings. The zero-order valence-electron chi connectivity index (χ0n) is 10.4. The van der Waals surface area contributed by atoms with Gasteiger partial charge >= 0.3 is 0 Å². The molecular weight excluding hydrogens is 228 g/mol. The van der Waals surface area contributed by atoms with Gasteiger partial charge in [-0.2, -0.15) is 5.10 Å². The van der Waals surface area contributed by atoms with Gasteiger partial charge in [0.05, 0.1) is 25.3 Å². The Morgan fingerprint density at radius 2 is 2.06 bits per heavy atom.